The van der Waals surface area contributed by atoms with Gasteiger partial charge >= 0.3 is 0 Å². The van der Waals surface area contributed by atoms with Crippen molar-refractivity contribution in [2.45, 2.75) is 25.8 Å². The fourth-order valence-corrected chi connectivity index (χ4v) is 2.58. The van der Waals surface area contributed by atoms with Gasteiger partial charge in [-0.05, 0) is 30.4 Å². The van der Waals surface area contributed by atoms with E-state index in [1.165, 1.54) is 17.4 Å². The Morgan fingerprint density at radius 2 is 2.09 bits per heavy atom. The van der Waals surface area contributed by atoms with Crippen LogP contribution in [0.1, 0.15) is 18.9 Å². The number of nitrogens with one attached hydrogen (secondary N) is 2. The van der Waals surface area contributed by atoms with E-state index in [2.05, 4.69) is 51.8 Å². The molecule has 2 aromatic rings. The number of guanidine groups is 1. The number of nitrogens with zero attached hydrogens (tertiary/aromatic N) is 2. The summed E-state index contributed by atoms with van der Waals surface area (Å²) in [5.74, 6) is 1.67. The molecule has 2 N–H and O–H groups in total. The maximum atomic E-state index is 4.49. The summed E-state index contributed by atoms with van der Waals surface area (Å²) in [6.45, 7) is 3.11. The van der Waals surface area contributed by atoms with Crippen molar-refractivity contribution in [3.8, 4) is 0 Å². The number of pyridine rings is 1. The van der Waals surface area contributed by atoms with E-state index in [0.717, 1.165) is 30.4 Å². The van der Waals surface area contributed by atoms with Gasteiger partial charge in [0.05, 0.1) is 5.52 Å². The normalized spacial score (nSPS) is 20.4. The van der Waals surface area contributed by atoms with Gasteiger partial charge < -0.3 is 10.6 Å². The van der Waals surface area contributed by atoms with Crippen molar-refractivity contribution < 1.29 is 0 Å². The van der Waals surface area contributed by atoms with Crippen molar-refractivity contribution in [3.05, 3.63) is 42.1 Å². The number of para-hydroxylation sites is 1. The lowest BCUT2D eigenvalue weighted by Gasteiger charge is -2.12. The van der Waals surface area contributed by atoms with E-state index in [-0.39, 0.29) is 24.0 Å². The Morgan fingerprint density at radius 3 is 2.82 bits per heavy atom. The van der Waals surface area contributed by atoms with Crippen LogP contribution in [0.4, 0.5) is 0 Å². The first-order valence-corrected chi connectivity index (χ1v) is 7.57. The highest BCUT2D eigenvalue weighted by Crippen LogP contribution is 2.28. The first-order chi connectivity index (χ1) is 10.3. The summed E-state index contributed by atoms with van der Waals surface area (Å²) in [5.41, 5.74) is 2.37. The second-order valence-corrected chi connectivity index (χ2v) is 5.71. The first kappa shape index (κ1) is 17.0. The van der Waals surface area contributed by atoms with Crippen LogP contribution < -0.4 is 10.6 Å². The van der Waals surface area contributed by atoms with E-state index in [1.807, 2.05) is 19.3 Å². The Kier molecular flexibility index (Phi) is 5.99. The van der Waals surface area contributed by atoms with Crippen molar-refractivity contribution in [2.75, 3.05) is 13.6 Å². The average molecular weight is 410 g/mol. The maximum Gasteiger partial charge on any atom is 0.191 e. The molecule has 4 nitrogen and oxygen atoms in total. The summed E-state index contributed by atoms with van der Waals surface area (Å²) < 4.78 is 0. The zero-order valence-corrected chi connectivity index (χ0v) is 15.4. The fraction of sp³-hybridized carbons (Fsp3) is 0.412. The monoisotopic (exact) mass is 410 g/mol. The number of halogens is 1. The number of hydrogen-bond acceptors (Lipinski definition) is 2. The van der Waals surface area contributed by atoms with E-state index in [4.69, 9.17) is 0 Å². The molecule has 0 aliphatic heterocycles. The van der Waals surface area contributed by atoms with Crippen molar-refractivity contribution in [3.63, 3.8) is 0 Å². The minimum absolute atomic E-state index is 0. The predicted octanol–water partition coefficient (Wildman–Crippen LogP) is 2.97. The fourth-order valence-electron chi connectivity index (χ4n) is 2.58. The average Bonchev–Trinajstić information content (AvgIpc) is 3.21. The Balaban J connectivity index is 0.00000176. The second-order valence-electron chi connectivity index (χ2n) is 5.71. The predicted molar refractivity (Wildman–Crippen MR) is 103 cm³/mol. The van der Waals surface area contributed by atoms with Gasteiger partial charge in [0.1, 0.15) is 0 Å². The minimum atomic E-state index is 0. The Hall–Kier alpha value is -1.37. The van der Waals surface area contributed by atoms with Gasteiger partial charge in [-0.3, -0.25) is 9.98 Å². The van der Waals surface area contributed by atoms with Gasteiger partial charge in [0.25, 0.3) is 0 Å². The molecule has 1 fully saturated rings. The minimum Gasteiger partial charge on any atom is -0.356 e. The van der Waals surface area contributed by atoms with Crippen LogP contribution in [0.15, 0.2) is 41.5 Å². The number of benzene rings is 1. The standard InChI is InChI=1S/C17H22N4.HI/c1-12-11-15(12)21-17(18-2)20-10-8-14-6-3-5-13-7-4-9-19-16(13)14;/h3-7,9,12,15H,8,10-11H2,1-2H3,(H2,18,20,21);1H. The number of fused-ring (bicyclic) bond motifs is 1. The van der Waals surface area contributed by atoms with E-state index in [0.29, 0.717) is 6.04 Å². The van der Waals surface area contributed by atoms with E-state index in [1.54, 1.807) is 0 Å². The molecule has 118 valence electrons. The molecule has 3 rings (SSSR count). The summed E-state index contributed by atoms with van der Waals surface area (Å²) >= 11 is 0. The Morgan fingerprint density at radius 1 is 1.32 bits per heavy atom. The largest absolute Gasteiger partial charge is 0.356 e. The molecule has 1 aliphatic rings. The van der Waals surface area contributed by atoms with Gasteiger partial charge in [0.15, 0.2) is 5.96 Å². The highest BCUT2D eigenvalue weighted by atomic mass is 127. The van der Waals surface area contributed by atoms with Crippen LogP contribution in [0.3, 0.4) is 0 Å². The quantitative estimate of drug-likeness (QED) is 0.463. The lowest BCUT2D eigenvalue weighted by Crippen LogP contribution is -2.39. The molecule has 1 aliphatic carbocycles. The van der Waals surface area contributed by atoms with Crippen LogP contribution >= 0.6 is 24.0 Å². The summed E-state index contributed by atoms with van der Waals surface area (Å²) in [5, 5.41) is 8.02. The highest BCUT2D eigenvalue weighted by Gasteiger charge is 2.33. The van der Waals surface area contributed by atoms with Crippen LogP contribution in [0.2, 0.25) is 0 Å². The first-order valence-electron chi connectivity index (χ1n) is 7.57. The molecule has 0 bridgehead atoms. The van der Waals surface area contributed by atoms with Crippen LogP contribution in [-0.2, 0) is 6.42 Å². The van der Waals surface area contributed by atoms with Gasteiger partial charge in [-0.25, -0.2) is 0 Å². The van der Waals surface area contributed by atoms with Gasteiger partial charge in [-0.1, -0.05) is 31.2 Å². The zero-order valence-electron chi connectivity index (χ0n) is 13.0. The summed E-state index contributed by atoms with van der Waals surface area (Å²) in [6.07, 6.45) is 4.04. The Labute approximate surface area is 148 Å². The lowest BCUT2D eigenvalue weighted by molar-refractivity contribution is 0.758. The van der Waals surface area contributed by atoms with E-state index >= 15 is 0 Å². The summed E-state index contributed by atoms with van der Waals surface area (Å²) in [6, 6.07) is 11.0. The van der Waals surface area contributed by atoms with Crippen LogP contribution in [0, 0.1) is 5.92 Å². The molecule has 0 saturated heterocycles. The number of rotatable bonds is 4. The topological polar surface area (TPSA) is 49.3 Å². The van der Waals surface area contributed by atoms with Crippen LogP contribution in [-0.4, -0.2) is 30.6 Å². The number of aliphatic imine (C=N–C) groups is 1. The molecule has 1 heterocycles. The third-order valence-electron chi connectivity index (χ3n) is 4.06. The molecule has 1 aromatic heterocycles. The number of aromatic nitrogens is 1. The maximum absolute atomic E-state index is 4.49. The van der Waals surface area contributed by atoms with Crippen molar-refractivity contribution in [1.82, 2.24) is 15.6 Å². The molecule has 2 atom stereocenters. The molecular formula is C17H23IN4. The van der Waals surface area contributed by atoms with Crippen molar-refractivity contribution >= 4 is 40.8 Å². The third-order valence-corrected chi connectivity index (χ3v) is 4.06. The molecule has 0 spiro atoms. The van der Waals surface area contributed by atoms with E-state index < -0.39 is 0 Å². The van der Waals surface area contributed by atoms with Crippen molar-refractivity contribution in [2.24, 2.45) is 10.9 Å². The summed E-state index contributed by atoms with van der Waals surface area (Å²) in [4.78, 5) is 8.77. The molecular weight excluding hydrogens is 387 g/mol. The molecule has 1 aromatic carbocycles. The molecule has 0 radical (unpaired) electrons. The van der Waals surface area contributed by atoms with Crippen molar-refractivity contribution in [1.29, 1.82) is 0 Å². The van der Waals surface area contributed by atoms with Crippen LogP contribution in [0.25, 0.3) is 10.9 Å². The van der Waals surface area contributed by atoms with Gasteiger partial charge in [-0.15, -0.1) is 24.0 Å². The second kappa shape index (κ2) is 7.76. The van der Waals surface area contributed by atoms with Crippen LogP contribution in [0.5, 0.6) is 0 Å². The smallest absolute Gasteiger partial charge is 0.191 e. The van der Waals surface area contributed by atoms with Gasteiger partial charge in [0, 0.05) is 31.2 Å². The van der Waals surface area contributed by atoms with E-state index in [9.17, 15) is 0 Å². The highest BCUT2D eigenvalue weighted by molar-refractivity contribution is 14.0. The van der Waals surface area contributed by atoms with Gasteiger partial charge in [0.2, 0.25) is 0 Å². The molecule has 22 heavy (non-hydrogen) atoms. The molecule has 5 heteroatoms. The number of hydrogen-bond donors (Lipinski definition) is 2. The summed E-state index contributed by atoms with van der Waals surface area (Å²) in [7, 11) is 1.82. The lowest BCUT2D eigenvalue weighted by atomic mass is 10.1. The molecule has 1 saturated carbocycles. The zero-order chi connectivity index (χ0) is 14.7. The van der Waals surface area contributed by atoms with Gasteiger partial charge in [-0.2, -0.15) is 0 Å². The SMILES string of the molecule is CN=C(NCCc1cccc2cccnc12)NC1CC1C.I. The Bertz CT molecular complexity index is 651. The molecule has 0 amide bonds. The molecule has 2 unspecified atom stereocenters. The third kappa shape index (κ3) is 4.09.